The highest BCUT2D eigenvalue weighted by Gasteiger charge is 2.34. The first-order valence-electron chi connectivity index (χ1n) is 11.3. The summed E-state index contributed by atoms with van der Waals surface area (Å²) >= 11 is 0. The average molecular weight is 491 g/mol. The molecule has 0 aliphatic carbocycles. The number of esters is 2. The summed E-state index contributed by atoms with van der Waals surface area (Å²) in [7, 11) is 1.55. The van der Waals surface area contributed by atoms with E-state index in [1.54, 1.807) is 61.3 Å². The van der Waals surface area contributed by atoms with Gasteiger partial charge in [-0.25, -0.2) is 14.4 Å². The molecule has 0 radical (unpaired) electrons. The summed E-state index contributed by atoms with van der Waals surface area (Å²) in [4.78, 5) is 38.0. The second-order valence-electron chi connectivity index (χ2n) is 7.89. The van der Waals surface area contributed by atoms with E-state index in [1.807, 2.05) is 24.4 Å². The summed E-state index contributed by atoms with van der Waals surface area (Å²) < 4.78 is 17.6. The Bertz CT molecular complexity index is 1250. The van der Waals surface area contributed by atoms with Gasteiger partial charge in [0.05, 0.1) is 43.1 Å². The molecule has 0 saturated heterocycles. The van der Waals surface area contributed by atoms with E-state index < -0.39 is 24.0 Å². The molecule has 186 valence electrons. The molecule has 10 heteroatoms. The summed E-state index contributed by atoms with van der Waals surface area (Å²) in [5.41, 5.74) is 2.26. The number of rotatable bonds is 9. The third-order valence-electron chi connectivity index (χ3n) is 5.54. The van der Waals surface area contributed by atoms with Crippen molar-refractivity contribution in [2.75, 3.05) is 20.3 Å². The van der Waals surface area contributed by atoms with Gasteiger partial charge >= 0.3 is 18.0 Å². The Balaban J connectivity index is 1.53. The minimum absolute atomic E-state index is 0.142. The van der Waals surface area contributed by atoms with Crippen LogP contribution in [0.2, 0.25) is 0 Å². The van der Waals surface area contributed by atoms with Gasteiger partial charge in [-0.2, -0.15) is 5.10 Å². The predicted octanol–water partition coefficient (Wildman–Crippen LogP) is 2.97. The highest BCUT2D eigenvalue weighted by atomic mass is 16.5. The molecule has 10 nitrogen and oxygen atoms in total. The highest BCUT2D eigenvalue weighted by Crippen LogP contribution is 2.29. The summed E-state index contributed by atoms with van der Waals surface area (Å²) in [6.45, 7) is 2.08. The zero-order chi connectivity index (χ0) is 25.5. The maximum atomic E-state index is 12.9. The van der Waals surface area contributed by atoms with E-state index in [2.05, 4.69) is 15.7 Å². The van der Waals surface area contributed by atoms with Crippen molar-refractivity contribution in [2.24, 2.45) is 0 Å². The fourth-order valence-electron chi connectivity index (χ4n) is 3.78. The average Bonchev–Trinajstić information content (AvgIpc) is 3.40. The second kappa shape index (κ2) is 11.2. The van der Waals surface area contributed by atoms with Crippen LogP contribution in [0.4, 0.5) is 4.79 Å². The number of nitrogens with zero attached hydrogens (tertiary/aromatic N) is 2. The number of benzene rings is 2. The predicted molar refractivity (Wildman–Crippen MR) is 129 cm³/mol. The molecular formula is C26H26N4O6. The van der Waals surface area contributed by atoms with Crippen molar-refractivity contribution in [3.63, 3.8) is 0 Å². The van der Waals surface area contributed by atoms with Crippen molar-refractivity contribution in [3.8, 4) is 5.75 Å². The number of carbonyl (C=O) groups is 3. The van der Waals surface area contributed by atoms with Crippen LogP contribution in [0, 0.1) is 0 Å². The highest BCUT2D eigenvalue weighted by molar-refractivity contribution is 5.95. The molecule has 1 unspecified atom stereocenters. The monoisotopic (exact) mass is 490 g/mol. The molecule has 2 amide bonds. The van der Waals surface area contributed by atoms with Crippen LogP contribution in [0.5, 0.6) is 5.75 Å². The van der Waals surface area contributed by atoms with Gasteiger partial charge in [0, 0.05) is 12.4 Å². The number of nitrogens with one attached hydrogen (secondary N) is 2. The number of amides is 2. The lowest BCUT2D eigenvalue weighted by atomic mass is 9.95. The van der Waals surface area contributed by atoms with Crippen LogP contribution >= 0.6 is 0 Å². The first kappa shape index (κ1) is 24.5. The Kier molecular flexibility index (Phi) is 7.64. The quantitative estimate of drug-likeness (QED) is 0.443. The normalized spacial score (nSPS) is 15.1. The topological polar surface area (TPSA) is 121 Å². The Morgan fingerprint density at radius 3 is 2.42 bits per heavy atom. The molecule has 4 rings (SSSR count). The zero-order valence-electron chi connectivity index (χ0n) is 19.9. The van der Waals surface area contributed by atoms with E-state index in [4.69, 9.17) is 14.2 Å². The van der Waals surface area contributed by atoms with Crippen LogP contribution in [-0.2, 0) is 20.8 Å². The van der Waals surface area contributed by atoms with Gasteiger partial charge in [0.2, 0.25) is 0 Å². The molecular weight excluding hydrogens is 464 g/mol. The molecule has 0 spiro atoms. The third-order valence-corrected chi connectivity index (χ3v) is 5.54. The van der Waals surface area contributed by atoms with Crippen molar-refractivity contribution in [3.05, 3.63) is 95.0 Å². The fourth-order valence-corrected chi connectivity index (χ4v) is 3.78. The zero-order valence-corrected chi connectivity index (χ0v) is 19.9. The van der Waals surface area contributed by atoms with Crippen LogP contribution in [0.1, 0.15) is 34.5 Å². The Hall–Kier alpha value is -4.60. The van der Waals surface area contributed by atoms with Crippen LogP contribution in [-0.4, -0.2) is 48.1 Å². The van der Waals surface area contributed by atoms with Crippen molar-refractivity contribution in [1.29, 1.82) is 0 Å². The van der Waals surface area contributed by atoms with Crippen molar-refractivity contribution >= 4 is 18.0 Å². The van der Waals surface area contributed by atoms with Crippen molar-refractivity contribution in [1.82, 2.24) is 20.4 Å². The second-order valence-corrected chi connectivity index (χ2v) is 7.89. The first-order valence-corrected chi connectivity index (χ1v) is 11.3. The van der Waals surface area contributed by atoms with E-state index in [0.29, 0.717) is 23.4 Å². The first-order chi connectivity index (χ1) is 17.5. The van der Waals surface area contributed by atoms with E-state index in [9.17, 15) is 14.4 Å². The maximum absolute atomic E-state index is 12.9. The van der Waals surface area contributed by atoms with Crippen LogP contribution in [0.3, 0.4) is 0 Å². The van der Waals surface area contributed by atoms with Gasteiger partial charge in [0.1, 0.15) is 12.4 Å². The largest absolute Gasteiger partial charge is 0.497 e. The molecule has 3 aromatic rings. The smallest absolute Gasteiger partial charge is 0.338 e. The van der Waals surface area contributed by atoms with Gasteiger partial charge in [-0.3, -0.25) is 4.68 Å². The molecule has 0 bridgehead atoms. The molecule has 0 saturated carbocycles. The van der Waals surface area contributed by atoms with Crippen LogP contribution in [0.25, 0.3) is 0 Å². The van der Waals surface area contributed by atoms with Gasteiger partial charge < -0.3 is 24.8 Å². The number of ether oxygens (including phenoxy) is 3. The third kappa shape index (κ3) is 5.72. The van der Waals surface area contributed by atoms with Gasteiger partial charge in [-0.05, 0) is 48.4 Å². The Morgan fingerprint density at radius 2 is 1.78 bits per heavy atom. The Labute approximate surface area is 207 Å². The van der Waals surface area contributed by atoms with Crippen molar-refractivity contribution in [2.45, 2.75) is 19.5 Å². The molecule has 36 heavy (non-hydrogen) atoms. The number of hydrogen-bond donors (Lipinski definition) is 2. The number of hydrogen-bond acceptors (Lipinski definition) is 7. The standard InChI is InChI=1S/C26H26N4O6/c1-3-35-25(32)22-21(28-26(33)29-23(22)18-9-11-20(34-2)12-10-18)16-36-24(31)19-7-5-17(6-8-19)15-30-14-4-13-27-30/h4-14,23H,3,15-16H2,1-2H3,(H2,28,29,33). The Morgan fingerprint density at radius 1 is 1.03 bits per heavy atom. The van der Waals surface area contributed by atoms with Crippen LogP contribution < -0.4 is 15.4 Å². The van der Waals surface area contributed by atoms with Gasteiger partial charge in [-0.15, -0.1) is 0 Å². The molecule has 1 atom stereocenters. The molecule has 1 aromatic heterocycles. The van der Waals surface area contributed by atoms with Crippen molar-refractivity contribution < 1.29 is 28.6 Å². The fraction of sp³-hybridized carbons (Fsp3) is 0.231. The number of urea groups is 1. The molecule has 2 aromatic carbocycles. The van der Waals surface area contributed by atoms with E-state index in [0.717, 1.165) is 5.56 Å². The number of carbonyl (C=O) groups excluding carboxylic acids is 3. The summed E-state index contributed by atoms with van der Waals surface area (Å²) in [5.74, 6) is -0.588. The summed E-state index contributed by atoms with van der Waals surface area (Å²) in [5, 5.41) is 9.49. The molecule has 2 N–H and O–H groups in total. The lowest BCUT2D eigenvalue weighted by Crippen LogP contribution is -2.47. The molecule has 1 aliphatic rings. The number of methoxy groups -OCH3 is 1. The van der Waals surface area contributed by atoms with E-state index >= 15 is 0 Å². The minimum atomic E-state index is -0.793. The number of aromatic nitrogens is 2. The van der Waals surface area contributed by atoms with Gasteiger partial charge in [0.25, 0.3) is 0 Å². The summed E-state index contributed by atoms with van der Waals surface area (Å²) in [6, 6.07) is 14.4. The maximum Gasteiger partial charge on any atom is 0.338 e. The molecule has 0 fully saturated rings. The SMILES string of the molecule is CCOC(=O)C1=C(COC(=O)c2ccc(Cn3cccn3)cc2)NC(=O)NC1c1ccc(OC)cc1. The van der Waals surface area contributed by atoms with Gasteiger partial charge in [0.15, 0.2) is 0 Å². The molecule has 2 heterocycles. The molecule has 1 aliphatic heterocycles. The van der Waals surface area contributed by atoms with E-state index in [-0.39, 0.29) is 24.5 Å². The summed E-state index contributed by atoms with van der Waals surface area (Å²) in [6.07, 6.45) is 3.55. The minimum Gasteiger partial charge on any atom is -0.497 e. The lowest BCUT2D eigenvalue weighted by molar-refractivity contribution is -0.139. The lowest BCUT2D eigenvalue weighted by Gasteiger charge is -2.29. The van der Waals surface area contributed by atoms with Gasteiger partial charge in [-0.1, -0.05) is 24.3 Å². The van der Waals surface area contributed by atoms with Crippen LogP contribution in [0.15, 0.2) is 78.3 Å². The van der Waals surface area contributed by atoms with E-state index in [1.165, 1.54) is 0 Å².